The van der Waals surface area contributed by atoms with Crippen LogP contribution in [-0.2, 0) is 9.59 Å². The van der Waals surface area contributed by atoms with Crippen molar-refractivity contribution in [3.8, 4) is 0 Å². The molecule has 0 aliphatic carbocycles. The number of pyridine rings is 1. The summed E-state index contributed by atoms with van der Waals surface area (Å²) in [6.07, 6.45) is 4.28. The molecule has 92 valence electrons. The molecular formula is C12H12N4O2. The standard InChI is InChI=1S/C12H12N4O2/c13-9-5-14-10-3-1-7(6-16(9)10)8-2-4-11(17)15-12(8)18/h1,3,5-6,8H,2,4,13H2,(H,15,17,18). The zero-order chi connectivity index (χ0) is 12.7. The average Bonchev–Trinajstić information content (AvgIpc) is 2.71. The van der Waals surface area contributed by atoms with Crippen LogP contribution in [0.4, 0.5) is 5.82 Å². The Hall–Kier alpha value is -2.37. The summed E-state index contributed by atoms with van der Waals surface area (Å²) in [7, 11) is 0. The molecule has 6 heteroatoms. The molecule has 1 atom stereocenters. The number of nitrogens with one attached hydrogen (secondary N) is 1. The first-order valence-electron chi connectivity index (χ1n) is 5.71. The van der Waals surface area contributed by atoms with Gasteiger partial charge in [0.25, 0.3) is 0 Å². The van der Waals surface area contributed by atoms with Crippen LogP contribution in [0, 0.1) is 0 Å². The van der Waals surface area contributed by atoms with E-state index < -0.39 is 0 Å². The Morgan fingerprint density at radius 2 is 2.22 bits per heavy atom. The SMILES string of the molecule is Nc1cnc2ccc(C3CCC(=O)NC3=O)cn12. The second-order valence-corrected chi connectivity index (χ2v) is 4.38. The van der Waals surface area contributed by atoms with Crippen molar-refractivity contribution in [2.75, 3.05) is 5.73 Å². The van der Waals surface area contributed by atoms with Gasteiger partial charge in [-0.2, -0.15) is 0 Å². The molecule has 0 bridgehead atoms. The lowest BCUT2D eigenvalue weighted by molar-refractivity contribution is -0.134. The lowest BCUT2D eigenvalue weighted by Gasteiger charge is -2.21. The Balaban J connectivity index is 2.01. The molecule has 3 heterocycles. The molecule has 0 saturated carbocycles. The molecule has 1 saturated heterocycles. The molecule has 6 nitrogen and oxygen atoms in total. The number of aromatic nitrogens is 2. The number of imide groups is 1. The molecule has 3 rings (SSSR count). The Bertz CT molecular complexity index is 647. The number of carbonyl (C=O) groups is 2. The van der Waals surface area contributed by atoms with E-state index in [1.807, 2.05) is 12.1 Å². The van der Waals surface area contributed by atoms with Crippen LogP contribution in [0.1, 0.15) is 24.3 Å². The first-order chi connectivity index (χ1) is 8.65. The topological polar surface area (TPSA) is 89.5 Å². The molecule has 3 N–H and O–H groups in total. The van der Waals surface area contributed by atoms with Crippen LogP contribution in [0.5, 0.6) is 0 Å². The van der Waals surface area contributed by atoms with Gasteiger partial charge in [0.2, 0.25) is 11.8 Å². The number of anilines is 1. The van der Waals surface area contributed by atoms with Crippen LogP contribution in [0.3, 0.4) is 0 Å². The van der Waals surface area contributed by atoms with E-state index in [0.29, 0.717) is 18.7 Å². The van der Waals surface area contributed by atoms with Crippen molar-refractivity contribution in [2.45, 2.75) is 18.8 Å². The van der Waals surface area contributed by atoms with Gasteiger partial charge in [-0.3, -0.25) is 19.3 Å². The van der Waals surface area contributed by atoms with Crippen LogP contribution in [-0.4, -0.2) is 21.2 Å². The van der Waals surface area contributed by atoms with Gasteiger partial charge in [0.05, 0.1) is 12.1 Å². The van der Waals surface area contributed by atoms with Crippen LogP contribution in [0.2, 0.25) is 0 Å². The van der Waals surface area contributed by atoms with Crippen molar-refractivity contribution in [3.63, 3.8) is 0 Å². The second-order valence-electron chi connectivity index (χ2n) is 4.38. The summed E-state index contributed by atoms with van der Waals surface area (Å²) >= 11 is 0. The zero-order valence-corrected chi connectivity index (χ0v) is 9.59. The predicted molar refractivity (Wildman–Crippen MR) is 64.7 cm³/mol. The van der Waals surface area contributed by atoms with Crippen molar-refractivity contribution in [3.05, 3.63) is 30.1 Å². The highest BCUT2D eigenvalue weighted by atomic mass is 16.2. The van der Waals surface area contributed by atoms with Gasteiger partial charge in [-0.05, 0) is 18.1 Å². The number of nitrogens with two attached hydrogens (primary N) is 1. The molecular weight excluding hydrogens is 232 g/mol. The summed E-state index contributed by atoms with van der Waals surface area (Å²) in [5.41, 5.74) is 7.36. The van der Waals surface area contributed by atoms with Gasteiger partial charge < -0.3 is 5.73 Å². The molecule has 1 fully saturated rings. The van der Waals surface area contributed by atoms with Gasteiger partial charge in [0.15, 0.2) is 0 Å². The van der Waals surface area contributed by atoms with Crippen molar-refractivity contribution < 1.29 is 9.59 Å². The summed E-state index contributed by atoms with van der Waals surface area (Å²) < 4.78 is 1.74. The van der Waals surface area contributed by atoms with E-state index in [9.17, 15) is 9.59 Å². The van der Waals surface area contributed by atoms with Gasteiger partial charge >= 0.3 is 0 Å². The quantitative estimate of drug-likeness (QED) is 0.712. The normalized spacial score (nSPS) is 20.1. The highest BCUT2D eigenvalue weighted by Gasteiger charge is 2.28. The van der Waals surface area contributed by atoms with E-state index in [2.05, 4.69) is 10.3 Å². The first-order valence-corrected chi connectivity index (χ1v) is 5.71. The number of fused-ring (bicyclic) bond motifs is 1. The van der Waals surface area contributed by atoms with E-state index >= 15 is 0 Å². The number of amides is 2. The molecule has 2 aromatic heterocycles. The highest BCUT2D eigenvalue weighted by molar-refractivity contribution is 6.00. The molecule has 0 radical (unpaired) electrons. The highest BCUT2D eigenvalue weighted by Crippen LogP contribution is 2.25. The number of imidazole rings is 1. The van der Waals surface area contributed by atoms with Crippen LogP contribution >= 0.6 is 0 Å². The fourth-order valence-electron chi connectivity index (χ4n) is 2.23. The van der Waals surface area contributed by atoms with E-state index in [1.54, 1.807) is 16.8 Å². The molecule has 1 unspecified atom stereocenters. The number of nitrogen functional groups attached to an aromatic ring is 1. The van der Waals surface area contributed by atoms with E-state index in [-0.39, 0.29) is 17.7 Å². The Morgan fingerprint density at radius 1 is 1.39 bits per heavy atom. The lowest BCUT2D eigenvalue weighted by Crippen LogP contribution is -2.39. The predicted octanol–water partition coefficient (Wildman–Crippen LogP) is 0.437. The van der Waals surface area contributed by atoms with Gasteiger partial charge in [-0.25, -0.2) is 4.98 Å². The number of piperidine rings is 1. The summed E-state index contributed by atoms with van der Waals surface area (Å²) in [5, 5.41) is 2.35. The average molecular weight is 244 g/mol. The van der Waals surface area contributed by atoms with E-state index in [1.165, 1.54) is 0 Å². The summed E-state index contributed by atoms with van der Waals surface area (Å²) in [6, 6.07) is 3.66. The van der Waals surface area contributed by atoms with Crippen LogP contribution in [0.15, 0.2) is 24.5 Å². The third kappa shape index (κ3) is 1.62. The number of rotatable bonds is 1. The van der Waals surface area contributed by atoms with Crippen molar-refractivity contribution >= 4 is 23.3 Å². The van der Waals surface area contributed by atoms with E-state index in [0.717, 1.165) is 11.2 Å². The Morgan fingerprint density at radius 3 is 3.00 bits per heavy atom. The molecule has 18 heavy (non-hydrogen) atoms. The maximum atomic E-state index is 11.8. The maximum absolute atomic E-state index is 11.8. The molecule has 2 amide bonds. The van der Waals surface area contributed by atoms with Gasteiger partial charge in [-0.1, -0.05) is 6.07 Å². The lowest BCUT2D eigenvalue weighted by atomic mass is 9.92. The van der Waals surface area contributed by atoms with Crippen molar-refractivity contribution in [1.82, 2.24) is 14.7 Å². The molecule has 0 spiro atoms. The first kappa shape index (κ1) is 10.8. The Kier molecular flexibility index (Phi) is 2.29. The van der Waals surface area contributed by atoms with Gasteiger partial charge in [0.1, 0.15) is 11.5 Å². The third-order valence-electron chi connectivity index (χ3n) is 3.20. The number of nitrogens with zero attached hydrogens (tertiary/aromatic N) is 2. The minimum atomic E-state index is -0.297. The summed E-state index contributed by atoms with van der Waals surface area (Å²) in [5.74, 6) is -0.225. The zero-order valence-electron chi connectivity index (χ0n) is 9.59. The second kappa shape index (κ2) is 3.83. The maximum Gasteiger partial charge on any atom is 0.234 e. The minimum absolute atomic E-state index is 0.209. The van der Waals surface area contributed by atoms with Crippen molar-refractivity contribution in [1.29, 1.82) is 0 Å². The monoisotopic (exact) mass is 244 g/mol. The smallest absolute Gasteiger partial charge is 0.234 e. The van der Waals surface area contributed by atoms with Crippen LogP contribution < -0.4 is 11.1 Å². The number of carbonyl (C=O) groups excluding carboxylic acids is 2. The molecule has 0 aromatic carbocycles. The fourth-order valence-corrected chi connectivity index (χ4v) is 2.23. The van der Waals surface area contributed by atoms with Crippen molar-refractivity contribution in [2.24, 2.45) is 0 Å². The van der Waals surface area contributed by atoms with Gasteiger partial charge in [0, 0.05) is 12.6 Å². The Labute approximate surface area is 103 Å². The number of hydrogen-bond donors (Lipinski definition) is 2. The number of hydrogen-bond acceptors (Lipinski definition) is 4. The van der Waals surface area contributed by atoms with Crippen LogP contribution in [0.25, 0.3) is 5.65 Å². The molecule has 1 aliphatic heterocycles. The van der Waals surface area contributed by atoms with Gasteiger partial charge in [-0.15, -0.1) is 0 Å². The molecule has 1 aliphatic rings. The third-order valence-corrected chi connectivity index (χ3v) is 3.20. The summed E-state index contributed by atoms with van der Waals surface area (Å²) in [4.78, 5) is 27.0. The van der Waals surface area contributed by atoms with E-state index in [4.69, 9.17) is 5.73 Å². The molecule has 2 aromatic rings. The fraction of sp³-hybridized carbons (Fsp3) is 0.250. The summed E-state index contributed by atoms with van der Waals surface area (Å²) in [6.45, 7) is 0. The minimum Gasteiger partial charge on any atom is -0.383 e. The largest absolute Gasteiger partial charge is 0.383 e.